The van der Waals surface area contributed by atoms with E-state index in [-0.39, 0.29) is 32.1 Å². The average Bonchev–Trinajstić information content (AvgIpc) is 3.19. The molecule has 6 N–H and O–H groups in total. The van der Waals surface area contributed by atoms with Crippen LogP contribution in [0.3, 0.4) is 0 Å². The summed E-state index contributed by atoms with van der Waals surface area (Å²) in [6.07, 6.45) is 39.5. The molecule has 0 amide bonds. The molecule has 5 atom stereocenters. The Morgan fingerprint density at radius 3 is 1.59 bits per heavy atom. The largest absolute Gasteiger partial charge is 0.480 e. The molecule has 328 valence electrons. The third-order valence-electron chi connectivity index (χ3n) is 8.03. The summed E-state index contributed by atoms with van der Waals surface area (Å²) in [5.74, 6) is -2.77. The topological polar surface area (TPSA) is 212 Å². The Kier molecular flexibility index (Phi) is 35.2. The number of carboxylic acid groups (broad SMARTS) is 1. The molecule has 0 radical (unpaired) electrons. The van der Waals surface area contributed by atoms with Crippen molar-refractivity contribution in [3.05, 3.63) is 97.2 Å². The predicted molar refractivity (Wildman–Crippen MR) is 229 cm³/mol. The van der Waals surface area contributed by atoms with Gasteiger partial charge in [0.2, 0.25) is 0 Å². The van der Waals surface area contributed by atoms with Crippen LogP contribution in [0.1, 0.15) is 117 Å². The second-order valence-corrected chi connectivity index (χ2v) is 14.8. The number of carbonyl (C=O) groups is 3. The van der Waals surface area contributed by atoms with Gasteiger partial charge < -0.3 is 35.4 Å². The van der Waals surface area contributed by atoms with Crippen LogP contribution in [0.5, 0.6) is 0 Å². The van der Waals surface area contributed by atoms with Gasteiger partial charge in [-0.3, -0.25) is 23.4 Å². The maximum Gasteiger partial charge on any atom is 0.472 e. The highest BCUT2D eigenvalue weighted by Gasteiger charge is 2.28. The van der Waals surface area contributed by atoms with Crippen molar-refractivity contribution in [1.29, 1.82) is 0 Å². The minimum absolute atomic E-state index is 0.0415. The van der Waals surface area contributed by atoms with Gasteiger partial charge in [-0.2, -0.15) is 0 Å². The van der Waals surface area contributed by atoms with Crippen molar-refractivity contribution in [2.75, 3.05) is 19.8 Å². The van der Waals surface area contributed by atoms with Gasteiger partial charge in [-0.25, -0.2) is 4.57 Å². The van der Waals surface area contributed by atoms with Crippen LogP contribution < -0.4 is 5.73 Å². The van der Waals surface area contributed by atoms with Crippen molar-refractivity contribution < 1.29 is 57.7 Å². The van der Waals surface area contributed by atoms with Crippen LogP contribution in [0.15, 0.2) is 97.2 Å². The lowest BCUT2D eigenvalue weighted by Crippen LogP contribution is -2.34. The zero-order valence-corrected chi connectivity index (χ0v) is 35.5. The van der Waals surface area contributed by atoms with Gasteiger partial charge in [0.1, 0.15) is 12.6 Å². The van der Waals surface area contributed by atoms with Crippen molar-refractivity contribution in [2.45, 2.75) is 141 Å². The van der Waals surface area contributed by atoms with Gasteiger partial charge >= 0.3 is 25.7 Å². The summed E-state index contributed by atoms with van der Waals surface area (Å²) >= 11 is 0. The molecular formula is C44H70NO12P. The fourth-order valence-corrected chi connectivity index (χ4v) is 5.51. The first-order valence-electron chi connectivity index (χ1n) is 20.4. The number of aliphatic carboxylic acids is 1. The van der Waals surface area contributed by atoms with E-state index in [4.69, 9.17) is 24.8 Å². The number of esters is 2. The summed E-state index contributed by atoms with van der Waals surface area (Å²) < 4.78 is 32.4. The number of aliphatic hydroxyl groups excluding tert-OH is 2. The van der Waals surface area contributed by atoms with Crippen LogP contribution in [-0.4, -0.2) is 82.3 Å². The van der Waals surface area contributed by atoms with E-state index in [0.29, 0.717) is 19.3 Å². The fraction of sp³-hybridized carbons (Fsp3) is 0.568. The minimum atomic E-state index is -4.80. The summed E-state index contributed by atoms with van der Waals surface area (Å²) in [6.45, 7) is 2.20. The molecule has 14 heteroatoms. The Bertz CT molecular complexity index is 1380. The monoisotopic (exact) mass is 835 g/mol. The summed E-state index contributed by atoms with van der Waals surface area (Å²) in [6, 6.07) is -1.57. The lowest BCUT2D eigenvalue weighted by atomic mass is 10.0. The number of unbranched alkanes of at least 4 members (excludes halogenated alkanes) is 2. The average molecular weight is 836 g/mol. The Balaban J connectivity index is 4.73. The van der Waals surface area contributed by atoms with Crippen LogP contribution >= 0.6 is 7.82 Å². The molecule has 13 nitrogen and oxygen atoms in total. The van der Waals surface area contributed by atoms with Gasteiger partial charge in [0, 0.05) is 12.8 Å². The third-order valence-corrected chi connectivity index (χ3v) is 8.98. The fourth-order valence-electron chi connectivity index (χ4n) is 4.73. The first-order valence-corrected chi connectivity index (χ1v) is 21.9. The van der Waals surface area contributed by atoms with E-state index in [1.807, 2.05) is 18.2 Å². The van der Waals surface area contributed by atoms with E-state index in [1.54, 1.807) is 6.08 Å². The highest BCUT2D eigenvalue weighted by atomic mass is 31.2. The van der Waals surface area contributed by atoms with Crippen LogP contribution in [0.4, 0.5) is 0 Å². The molecule has 1 unspecified atom stereocenters. The smallest absolute Gasteiger partial charge is 0.472 e. The van der Waals surface area contributed by atoms with E-state index in [0.717, 1.165) is 51.4 Å². The number of phosphoric acid groups is 1. The molecule has 0 heterocycles. The quantitative estimate of drug-likeness (QED) is 0.0174. The molecule has 0 saturated carbocycles. The van der Waals surface area contributed by atoms with Crippen molar-refractivity contribution in [3.8, 4) is 0 Å². The predicted octanol–water partition coefficient (Wildman–Crippen LogP) is 8.44. The van der Waals surface area contributed by atoms with Crippen LogP contribution in [0.2, 0.25) is 0 Å². The van der Waals surface area contributed by atoms with Crippen molar-refractivity contribution >= 4 is 25.7 Å². The SMILES string of the molecule is CC/C=C\C/C=C\C/C=C\C/C=C\CCCCC(=O)O[C@H](COC(=O)CCC[C@H](O)[C@@H](O)C/C=C\C/C=C\C/C=C\C/C=C\CC)COP(=O)(O)OC[C@H](N)C(=O)O. The number of allylic oxidation sites excluding steroid dienone is 15. The Hall–Kier alpha value is -3.68. The van der Waals surface area contributed by atoms with Crippen LogP contribution in [0.25, 0.3) is 0 Å². The number of rotatable bonds is 36. The Morgan fingerprint density at radius 2 is 1.07 bits per heavy atom. The molecule has 0 aromatic carbocycles. The summed E-state index contributed by atoms with van der Waals surface area (Å²) in [5, 5.41) is 29.5. The molecule has 0 aliphatic rings. The number of phosphoric ester groups is 1. The molecule has 0 spiro atoms. The zero-order chi connectivity index (χ0) is 43.1. The highest BCUT2D eigenvalue weighted by Crippen LogP contribution is 2.43. The summed E-state index contributed by atoms with van der Waals surface area (Å²) in [4.78, 5) is 45.9. The maximum absolute atomic E-state index is 12.6. The van der Waals surface area contributed by atoms with Crippen molar-refractivity contribution in [2.24, 2.45) is 5.73 Å². The minimum Gasteiger partial charge on any atom is -0.480 e. The molecule has 0 bridgehead atoms. The van der Waals surface area contributed by atoms with Crippen LogP contribution in [0, 0.1) is 0 Å². The van der Waals surface area contributed by atoms with Crippen molar-refractivity contribution in [1.82, 2.24) is 0 Å². The lowest BCUT2D eigenvalue weighted by molar-refractivity contribution is -0.161. The van der Waals surface area contributed by atoms with Crippen molar-refractivity contribution in [3.63, 3.8) is 0 Å². The number of hydrogen-bond donors (Lipinski definition) is 5. The Morgan fingerprint density at radius 1 is 0.603 bits per heavy atom. The van der Waals surface area contributed by atoms with Gasteiger partial charge in [-0.1, -0.05) is 111 Å². The van der Waals surface area contributed by atoms with Gasteiger partial charge in [0.05, 0.1) is 25.4 Å². The molecule has 0 aromatic heterocycles. The molecular weight excluding hydrogens is 765 g/mol. The zero-order valence-electron chi connectivity index (χ0n) is 34.6. The number of hydrogen-bond acceptors (Lipinski definition) is 11. The molecule has 58 heavy (non-hydrogen) atoms. The van der Waals surface area contributed by atoms with Gasteiger partial charge in [-0.15, -0.1) is 0 Å². The van der Waals surface area contributed by atoms with E-state index in [2.05, 4.69) is 91.3 Å². The normalized spacial score (nSPS) is 15.8. The van der Waals surface area contributed by atoms with E-state index in [1.165, 1.54) is 0 Å². The number of aliphatic hydroxyl groups is 2. The number of ether oxygens (including phenoxy) is 2. The summed E-state index contributed by atoms with van der Waals surface area (Å²) in [5.41, 5.74) is 5.31. The second kappa shape index (κ2) is 37.6. The molecule has 0 aliphatic heterocycles. The molecule has 0 aromatic rings. The standard InChI is InChI=1S/C44H70NO12P/c1-3-5-7-9-11-13-15-17-18-19-21-23-25-27-29-33-43(49)57-38(36-55-58(52,53)56-37-39(45)44(50)51)35-54-42(48)34-30-32-41(47)40(46)31-28-26-24-22-20-16-14-12-10-8-6-4-2/h5-8,11-14,17-18,20-23,26,28,38-41,46-47H,3-4,9-10,15-16,19,24-25,27,29-37,45H2,1-2H3,(H,50,51)(H,52,53)/b7-5-,8-6-,13-11-,14-12-,18-17-,22-20-,23-21-,28-26-/t38-,39+,40+,41+/m1/s1. The number of carboxylic acids is 1. The van der Waals surface area contributed by atoms with E-state index < -0.39 is 69.9 Å². The molecule has 0 rings (SSSR count). The first kappa shape index (κ1) is 54.3. The number of nitrogens with two attached hydrogens (primary N) is 1. The highest BCUT2D eigenvalue weighted by molar-refractivity contribution is 7.47. The van der Waals surface area contributed by atoms with Gasteiger partial charge in [0.15, 0.2) is 6.10 Å². The number of carbonyl (C=O) groups excluding carboxylic acids is 2. The summed E-state index contributed by atoms with van der Waals surface area (Å²) in [7, 11) is -4.80. The molecule has 0 fully saturated rings. The maximum atomic E-state index is 12.6. The third kappa shape index (κ3) is 35.5. The van der Waals surface area contributed by atoms with E-state index >= 15 is 0 Å². The van der Waals surface area contributed by atoms with Gasteiger partial charge in [-0.05, 0) is 89.9 Å². The van der Waals surface area contributed by atoms with Crippen LogP contribution in [-0.2, 0) is 37.5 Å². The van der Waals surface area contributed by atoms with Gasteiger partial charge in [0.25, 0.3) is 0 Å². The van der Waals surface area contributed by atoms with E-state index in [9.17, 15) is 34.1 Å². The second-order valence-electron chi connectivity index (χ2n) is 13.3. The Labute approximate surface area is 346 Å². The molecule has 0 aliphatic carbocycles. The first-order chi connectivity index (χ1) is 27.9. The molecule has 0 saturated heterocycles. The lowest BCUT2D eigenvalue weighted by Gasteiger charge is -2.20.